The molecule has 0 bridgehead atoms. The van der Waals surface area contributed by atoms with Crippen LogP contribution in [0.2, 0.25) is 0 Å². The molecule has 0 heterocycles. The van der Waals surface area contributed by atoms with Crippen molar-refractivity contribution < 1.29 is 24.2 Å². The number of alkyl carbamates (subject to hydrolysis) is 1. The summed E-state index contributed by atoms with van der Waals surface area (Å²) >= 11 is 0. The molecule has 3 amide bonds. The Morgan fingerprint density at radius 3 is 2.16 bits per heavy atom. The zero-order valence-corrected chi connectivity index (χ0v) is 19.9. The van der Waals surface area contributed by atoms with E-state index in [0.717, 1.165) is 5.56 Å². The van der Waals surface area contributed by atoms with Gasteiger partial charge in [0.15, 0.2) is 0 Å². The van der Waals surface area contributed by atoms with E-state index in [1.165, 1.54) is 11.8 Å². The molecule has 0 saturated carbocycles. The van der Waals surface area contributed by atoms with Gasteiger partial charge in [0.2, 0.25) is 11.8 Å². The summed E-state index contributed by atoms with van der Waals surface area (Å²) in [5, 5.41) is 15.1. The van der Waals surface area contributed by atoms with Crippen LogP contribution in [0.3, 0.4) is 0 Å². The van der Waals surface area contributed by atoms with Crippen LogP contribution >= 0.6 is 0 Å². The molecule has 0 aromatic heterocycles. The molecule has 0 saturated heterocycles. The van der Waals surface area contributed by atoms with Crippen LogP contribution in [-0.4, -0.2) is 58.2 Å². The van der Waals surface area contributed by atoms with Gasteiger partial charge in [-0.05, 0) is 66.5 Å². The predicted molar refractivity (Wildman–Crippen MR) is 119 cm³/mol. The second-order valence-electron chi connectivity index (χ2n) is 9.62. The molecule has 3 N–H and O–H groups in total. The fourth-order valence-corrected chi connectivity index (χ4v) is 3.05. The Morgan fingerprint density at radius 2 is 1.68 bits per heavy atom. The van der Waals surface area contributed by atoms with Crippen LogP contribution < -0.4 is 10.6 Å². The molecule has 1 aromatic carbocycles. The average Bonchev–Trinajstić information content (AvgIpc) is 2.58. The third-order valence-electron chi connectivity index (χ3n) is 4.27. The molecule has 31 heavy (non-hydrogen) atoms. The number of benzene rings is 1. The Bertz CT molecular complexity index is 780. The minimum atomic E-state index is -0.969. The molecular weight excluding hydrogens is 398 g/mol. The van der Waals surface area contributed by atoms with Gasteiger partial charge in [0.25, 0.3) is 0 Å². The van der Waals surface area contributed by atoms with Crippen molar-refractivity contribution in [2.24, 2.45) is 0 Å². The maximum atomic E-state index is 13.3. The second kappa shape index (κ2) is 10.6. The molecule has 0 aliphatic carbocycles. The Balaban J connectivity index is 3.29. The maximum Gasteiger partial charge on any atom is 0.408 e. The summed E-state index contributed by atoms with van der Waals surface area (Å²) in [7, 11) is 0. The first-order valence-electron chi connectivity index (χ1n) is 10.4. The fourth-order valence-electron chi connectivity index (χ4n) is 3.05. The highest BCUT2D eigenvalue weighted by Gasteiger charge is 2.36. The number of carbonyl (C=O) groups excluding carboxylic acids is 3. The second-order valence-corrected chi connectivity index (χ2v) is 9.62. The average molecular weight is 436 g/mol. The lowest BCUT2D eigenvalue weighted by Gasteiger charge is -2.35. The van der Waals surface area contributed by atoms with Gasteiger partial charge in [-0.15, -0.1) is 0 Å². The summed E-state index contributed by atoms with van der Waals surface area (Å²) in [6.45, 7) is 13.7. The summed E-state index contributed by atoms with van der Waals surface area (Å²) in [6, 6.07) is 5.35. The normalized spacial score (nSPS) is 13.7. The molecule has 8 nitrogen and oxygen atoms in total. The van der Waals surface area contributed by atoms with E-state index in [-0.39, 0.29) is 19.1 Å². The largest absolute Gasteiger partial charge is 0.444 e. The monoisotopic (exact) mass is 435 g/mol. The highest BCUT2D eigenvalue weighted by molar-refractivity contribution is 5.92. The molecule has 0 fully saturated rings. The van der Waals surface area contributed by atoms with Crippen molar-refractivity contribution in [3.05, 3.63) is 35.4 Å². The van der Waals surface area contributed by atoms with Crippen LogP contribution in [0.5, 0.6) is 0 Å². The minimum Gasteiger partial charge on any atom is -0.444 e. The van der Waals surface area contributed by atoms with Gasteiger partial charge in [-0.2, -0.15) is 0 Å². The summed E-state index contributed by atoms with van der Waals surface area (Å²) in [5.74, 6) is -0.870. The molecule has 2 atom stereocenters. The van der Waals surface area contributed by atoms with Gasteiger partial charge < -0.3 is 25.4 Å². The highest BCUT2D eigenvalue weighted by Crippen LogP contribution is 2.26. The van der Waals surface area contributed by atoms with Crippen molar-refractivity contribution in [3.8, 4) is 0 Å². The zero-order chi connectivity index (χ0) is 24.0. The zero-order valence-electron chi connectivity index (χ0n) is 19.9. The van der Waals surface area contributed by atoms with Crippen molar-refractivity contribution in [2.45, 2.75) is 78.6 Å². The summed E-state index contributed by atoms with van der Waals surface area (Å²) in [6.07, 6.45) is -0.733. The third-order valence-corrected chi connectivity index (χ3v) is 4.27. The van der Waals surface area contributed by atoms with Crippen molar-refractivity contribution in [1.29, 1.82) is 0 Å². The molecule has 0 aliphatic rings. The third kappa shape index (κ3) is 8.57. The molecule has 1 aromatic rings. The Kier molecular flexibility index (Phi) is 9.05. The SMILES string of the molecule is Cc1ccccc1C(C(=O)NC(C)(C)C)N(CCO)C(=O)C(C)NC(=O)OC(C)(C)C. The van der Waals surface area contributed by atoms with Crippen LogP contribution in [0.15, 0.2) is 24.3 Å². The van der Waals surface area contributed by atoms with Crippen molar-refractivity contribution >= 4 is 17.9 Å². The topological polar surface area (TPSA) is 108 Å². The van der Waals surface area contributed by atoms with Crippen LogP contribution in [0.25, 0.3) is 0 Å². The fraction of sp³-hybridized carbons (Fsp3) is 0.609. The lowest BCUT2D eigenvalue weighted by Crippen LogP contribution is -2.54. The lowest BCUT2D eigenvalue weighted by molar-refractivity contribution is -0.143. The van der Waals surface area contributed by atoms with E-state index in [1.807, 2.05) is 39.8 Å². The van der Waals surface area contributed by atoms with Gasteiger partial charge in [-0.3, -0.25) is 9.59 Å². The van der Waals surface area contributed by atoms with Crippen LogP contribution in [0.4, 0.5) is 4.79 Å². The minimum absolute atomic E-state index is 0.0737. The number of hydrogen-bond acceptors (Lipinski definition) is 5. The smallest absolute Gasteiger partial charge is 0.408 e. The number of hydrogen-bond donors (Lipinski definition) is 3. The summed E-state index contributed by atoms with van der Waals surface area (Å²) in [5.41, 5.74) is 0.246. The first-order chi connectivity index (χ1) is 14.2. The number of nitrogens with zero attached hydrogens (tertiary/aromatic N) is 1. The molecule has 8 heteroatoms. The van der Waals surface area contributed by atoms with E-state index in [9.17, 15) is 19.5 Å². The van der Waals surface area contributed by atoms with Crippen molar-refractivity contribution in [1.82, 2.24) is 15.5 Å². The molecule has 0 radical (unpaired) electrons. The number of nitrogens with one attached hydrogen (secondary N) is 2. The van der Waals surface area contributed by atoms with Gasteiger partial charge in [0.1, 0.15) is 17.7 Å². The van der Waals surface area contributed by atoms with Crippen molar-refractivity contribution in [2.75, 3.05) is 13.2 Å². The highest BCUT2D eigenvalue weighted by atomic mass is 16.6. The van der Waals surface area contributed by atoms with E-state index in [0.29, 0.717) is 5.56 Å². The number of ether oxygens (including phenoxy) is 1. The number of amides is 3. The summed E-state index contributed by atoms with van der Waals surface area (Å²) in [4.78, 5) is 40.0. The maximum absolute atomic E-state index is 13.3. The molecular formula is C23H37N3O5. The molecule has 2 unspecified atom stereocenters. The standard InChI is InChI=1S/C23H37N3O5/c1-15-11-9-10-12-17(15)18(19(28)25-22(3,4)5)26(13-14-27)20(29)16(2)24-21(30)31-23(6,7)8/h9-12,16,18,27H,13-14H2,1-8H3,(H,24,30)(H,25,28). The Labute approximate surface area is 185 Å². The van der Waals surface area contributed by atoms with Crippen molar-refractivity contribution in [3.63, 3.8) is 0 Å². The van der Waals surface area contributed by atoms with E-state index in [2.05, 4.69) is 10.6 Å². The number of aliphatic hydroxyl groups excluding tert-OH is 1. The number of rotatable bonds is 7. The molecule has 174 valence electrons. The number of aliphatic hydroxyl groups is 1. The molecule has 0 spiro atoms. The molecule has 1 rings (SSSR count). The van der Waals surface area contributed by atoms with E-state index >= 15 is 0 Å². The summed E-state index contributed by atoms with van der Waals surface area (Å²) < 4.78 is 5.23. The van der Waals surface area contributed by atoms with Gasteiger partial charge in [-0.1, -0.05) is 24.3 Å². The van der Waals surface area contributed by atoms with Gasteiger partial charge in [-0.25, -0.2) is 4.79 Å². The first kappa shape index (κ1) is 26.4. The van der Waals surface area contributed by atoms with Gasteiger partial charge in [0.05, 0.1) is 6.61 Å². The first-order valence-corrected chi connectivity index (χ1v) is 10.4. The van der Waals surface area contributed by atoms with E-state index in [1.54, 1.807) is 32.9 Å². The number of aryl methyl sites for hydroxylation is 1. The Morgan fingerprint density at radius 1 is 1.10 bits per heavy atom. The van der Waals surface area contributed by atoms with Gasteiger partial charge in [0, 0.05) is 12.1 Å². The van der Waals surface area contributed by atoms with Gasteiger partial charge >= 0.3 is 6.09 Å². The lowest BCUT2D eigenvalue weighted by atomic mass is 9.97. The van der Waals surface area contributed by atoms with Crippen LogP contribution in [-0.2, 0) is 14.3 Å². The quantitative estimate of drug-likeness (QED) is 0.610. The van der Waals surface area contributed by atoms with Crippen LogP contribution in [0, 0.1) is 6.92 Å². The predicted octanol–water partition coefficient (Wildman–Crippen LogP) is 2.68. The van der Waals surface area contributed by atoms with E-state index < -0.39 is 35.2 Å². The van der Waals surface area contributed by atoms with Crippen LogP contribution in [0.1, 0.15) is 65.6 Å². The Hall–Kier alpha value is -2.61. The number of carbonyl (C=O) groups is 3. The van der Waals surface area contributed by atoms with E-state index in [4.69, 9.17) is 4.74 Å². The molecule has 0 aliphatic heterocycles.